The van der Waals surface area contributed by atoms with Crippen LogP contribution in [0.3, 0.4) is 0 Å². The summed E-state index contributed by atoms with van der Waals surface area (Å²) in [5, 5.41) is 0. The third-order valence-electron chi connectivity index (χ3n) is 5.76. The summed E-state index contributed by atoms with van der Waals surface area (Å²) in [6, 6.07) is 15.3. The molecule has 2 aliphatic heterocycles. The molecule has 6 nitrogen and oxygen atoms in total. The molecule has 1 saturated heterocycles. The molecule has 4 rings (SSSR count). The zero-order chi connectivity index (χ0) is 19.0. The SMILES string of the molecule is COP(=O)(OC)[C@@H](c1ccccc1)N1C[C@@H]2C[C@H](C1)c1cccc(=O)n1C2. The summed E-state index contributed by atoms with van der Waals surface area (Å²) in [5.74, 6) is 0.116. The number of piperidine rings is 1. The molecule has 2 aliphatic rings. The summed E-state index contributed by atoms with van der Waals surface area (Å²) in [7, 11) is -0.469. The van der Waals surface area contributed by atoms with Gasteiger partial charge in [0.15, 0.2) is 0 Å². The van der Waals surface area contributed by atoms with Gasteiger partial charge >= 0.3 is 7.60 Å². The van der Waals surface area contributed by atoms with Crippen LogP contribution in [0.5, 0.6) is 0 Å². The van der Waals surface area contributed by atoms with E-state index in [2.05, 4.69) is 4.90 Å². The van der Waals surface area contributed by atoms with Crippen LogP contribution in [0.25, 0.3) is 0 Å². The average molecular weight is 388 g/mol. The lowest BCUT2D eigenvalue weighted by Crippen LogP contribution is -2.48. The lowest BCUT2D eigenvalue weighted by atomic mass is 9.83. The minimum Gasteiger partial charge on any atom is -0.312 e. The van der Waals surface area contributed by atoms with Crippen LogP contribution in [0.15, 0.2) is 53.3 Å². The fraction of sp³-hybridized carbons (Fsp3) is 0.450. The van der Waals surface area contributed by atoms with Crippen LogP contribution in [0.2, 0.25) is 0 Å². The standard InChI is InChI=1S/C20H25N2O4P/c1-25-27(24,26-2)20(16-7-4-3-5-8-16)21-12-15-11-17(14-21)18-9-6-10-19(23)22(18)13-15/h3-10,15,17,20H,11-14H2,1-2H3/t15-,17+,20-/m0/s1. The van der Waals surface area contributed by atoms with Crippen molar-refractivity contribution in [3.63, 3.8) is 0 Å². The Morgan fingerprint density at radius 3 is 2.44 bits per heavy atom. The van der Waals surface area contributed by atoms with Gasteiger partial charge in [0, 0.05) is 51.5 Å². The molecule has 0 N–H and O–H groups in total. The van der Waals surface area contributed by atoms with Gasteiger partial charge in [0.25, 0.3) is 5.56 Å². The number of nitrogens with zero attached hydrogens (tertiary/aromatic N) is 2. The smallest absolute Gasteiger partial charge is 0.312 e. The van der Waals surface area contributed by atoms with Crippen LogP contribution in [0, 0.1) is 5.92 Å². The molecular weight excluding hydrogens is 363 g/mol. The highest BCUT2D eigenvalue weighted by Crippen LogP contribution is 2.62. The van der Waals surface area contributed by atoms with E-state index < -0.39 is 13.4 Å². The number of hydrogen-bond donors (Lipinski definition) is 0. The molecule has 0 radical (unpaired) electrons. The van der Waals surface area contributed by atoms with Crippen molar-refractivity contribution in [1.82, 2.24) is 9.47 Å². The van der Waals surface area contributed by atoms with Crippen molar-refractivity contribution in [3.05, 3.63) is 70.1 Å². The molecule has 0 aliphatic carbocycles. The van der Waals surface area contributed by atoms with Crippen molar-refractivity contribution < 1.29 is 13.6 Å². The first kappa shape index (κ1) is 18.6. The Hall–Kier alpha value is -1.72. The van der Waals surface area contributed by atoms with Crippen molar-refractivity contribution in [2.24, 2.45) is 5.92 Å². The predicted molar refractivity (Wildman–Crippen MR) is 104 cm³/mol. The highest BCUT2D eigenvalue weighted by atomic mass is 31.2. The van der Waals surface area contributed by atoms with Gasteiger partial charge in [-0.15, -0.1) is 0 Å². The van der Waals surface area contributed by atoms with E-state index in [1.54, 1.807) is 6.07 Å². The summed E-state index contributed by atoms with van der Waals surface area (Å²) in [4.78, 5) is 14.5. The molecule has 3 heterocycles. The van der Waals surface area contributed by atoms with E-state index in [0.717, 1.165) is 30.8 Å². The number of hydrogen-bond acceptors (Lipinski definition) is 5. The van der Waals surface area contributed by atoms with Crippen molar-refractivity contribution in [2.75, 3.05) is 27.3 Å². The summed E-state index contributed by atoms with van der Waals surface area (Å²) < 4.78 is 26.1. The summed E-state index contributed by atoms with van der Waals surface area (Å²) in [5.41, 5.74) is 2.06. The van der Waals surface area contributed by atoms with Crippen molar-refractivity contribution >= 4 is 7.60 Å². The van der Waals surface area contributed by atoms with Crippen LogP contribution in [-0.4, -0.2) is 36.8 Å². The molecule has 1 fully saturated rings. The number of rotatable bonds is 5. The number of aromatic nitrogens is 1. The van der Waals surface area contributed by atoms with Gasteiger partial charge in [-0.2, -0.15) is 0 Å². The Bertz CT molecular complexity index is 906. The van der Waals surface area contributed by atoms with Gasteiger partial charge in [0.1, 0.15) is 5.78 Å². The minimum absolute atomic E-state index is 0.0646. The Morgan fingerprint density at radius 2 is 1.74 bits per heavy atom. The molecule has 2 bridgehead atoms. The zero-order valence-corrected chi connectivity index (χ0v) is 16.5. The van der Waals surface area contributed by atoms with Crippen LogP contribution in [0.4, 0.5) is 0 Å². The van der Waals surface area contributed by atoms with Gasteiger partial charge < -0.3 is 13.6 Å². The fourth-order valence-corrected chi connectivity index (χ4v) is 6.30. The van der Waals surface area contributed by atoms with Crippen molar-refractivity contribution in [2.45, 2.75) is 24.7 Å². The second-order valence-corrected chi connectivity index (χ2v) is 9.64. The van der Waals surface area contributed by atoms with Gasteiger partial charge in [-0.25, -0.2) is 0 Å². The molecule has 2 aromatic rings. The van der Waals surface area contributed by atoms with E-state index in [4.69, 9.17) is 9.05 Å². The van der Waals surface area contributed by atoms with Crippen LogP contribution >= 0.6 is 7.60 Å². The molecule has 1 aromatic heterocycles. The Labute approximate surface area is 159 Å². The molecular formula is C20H25N2O4P. The Kier molecular flexibility index (Phi) is 5.08. The molecule has 144 valence electrons. The predicted octanol–water partition coefficient (Wildman–Crippen LogP) is 3.45. The fourth-order valence-electron chi connectivity index (χ4n) is 4.63. The lowest BCUT2D eigenvalue weighted by molar-refractivity contribution is 0.0927. The molecule has 0 saturated carbocycles. The van der Waals surface area contributed by atoms with E-state index >= 15 is 0 Å². The third-order valence-corrected chi connectivity index (χ3v) is 8.00. The highest BCUT2D eigenvalue weighted by Gasteiger charge is 2.45. The molecule has 0 spiro atoms. The molecule has 27 heavy (non-hydrogen) atoms. The highest BCUT2D eigenvalue weighted by molar-refractivity contribution is 7.54. The van der Waals surface area contributed by atoms with Crippen molar-refractivity contribution in [3.8, 4) is 0 Å². The molecule has 7 heteroatoms. The van der Waals surface area contributed by atoms with E-state index in [1.165, 1.54) is 14.2 Å². The Balaban J connectivity index is 1.73. The summed E-state index contributed by atoms with van der Waals surface area (Å²) in [6.07, 6.45) is 1.05. The average Bonchev–Trinajstić information content (AvgIpc) is 2.69. The Morgan fingerprint density at radius 1 is 1.00 bits per heavy atom. The van der Waals surface area contributed by atoms with Gasteiger partial charge in [0.05, 0.1) is 0 Å². The minimum atomic E-state index is -3.36. The number of benzene rings is 1. The maximum absolute atomic E-state index is 13.4. The van der Waals surface area contributed by atoms with Crippen LogP contribution in [-0.2, 0) is 20.2 Å². The molecule has 0 amide bonds. The van der Waals surface area contributed by atoms with E-state index in [1.807, 2.05) is 47.0 Å². The molecule has 3 atom stereocenters. The summed E-state index contributed by atoms with van der Waals surface area (Å²) in [6.45, 7) is 2.18. The van der Waals surface area contributed by atoms with Gasteiger partial charge in [-0.1, -0.05) is 36.4 Å². The van der Waals surface area contributed by atoms with Gasteiger partial charge in [-0.3, -0.25) is 14.3 Å². The van der Waals surface area contributed by atoms with Gasteiger partial charge in [0.2, 0.25) is 0 Å². The van der Waals surface area contributed by atoms with Crippen molar-refractivity contribution in [1.29, 1.82) is 0 Å². The number of likely N-dealkylation sites (tertiary alicyclic amines) is 1. The largest absolute Gasteiger partial charge is 0.351 e. The van der Waals surface area contributed by atoms with Gasteiger partial charge in [-0.05, 0) is 24.0 Å². The second-order valence-electron chi connectivity index (χ2n) is 7.34. The summed E-state index contributed by atoms with van der Waals surface area (Å²) >= 11 is 0. The van der Waals surface area contributed by atoms with E-state index in [0.29, 0.717) is 12.5 Å². The maximum atomic E-state index is 13.4. The number of pyridine rings is 1. The quantitative estimate of drug-likeness (QED) is 0.735. The first-order chi connectivity index (χ1) is 13.1. The third kappa shape index (κ3) is 3.32. The first-order valence-corrected chi connectivity index (χ1v) is 10.9. The molecule has 0 unspecified atom stereocenters. The van der Waals surface area contributed by atoms with E-state index in [-0.39, 0.29) is 11.5 Å². The van der Waals surface area contributed by atoms with Crippen LogP contribution in [0.1, 0.15) is 29.4 Å². The number of fused-ring (bicyclic) bond motifs is 4. The molecule has 1 aromatic carbocycles. The monoisotopic (exact) mass is 388 g/mol. The first-order valence-electron chi connectivity index (χ1n) is 9.25. The maximum Gasteiger partial charge on any atom is 0.351 e. The second kappa shape index (κ2) is 7.36. The lowest BCUT2D eigenvalue weighted by Gasteiger charge is -2.46. The normalized spacial score (nSPS) is 23.6. The van der Waals surface area contributed by atoms with E-state index in [9.17, 15) is 9.36 Å². The topological polar surface area (TPSA) is 60.8 Å². The zero-order valence-electron chi connectivity index (χ0n) is 15.7. The van der Waals surface area contributed by atoms with Crippen LogP contribution < -0.4 is 5.56 Å².